The van der Waals surface area contributed by atoms with E-state index in [1.807, 2.05) is 29.3 Å². The third-order valence-electron chi connectivity index (χ3n) is 4.84. The predicted octanol–water partition coefficient (Wildman–Crippen LogP) is 1.78. The molecule has 4 aromatic heterocycles. The molecule has 1 unspecified atom stereocenters. The molecule has 9 nitrogen and oxygen atoms in total. The van der Waals surface area contributed by atoms with Crippen LogP contribution < -0.4 is 0 Å². The highest BCUT2D eigenvalue weighted by Crippen LogP contribution is 2.27. The SMILES string of the molecule is CC[C@H](C)n1cc(-c2nc(-c3cnn(CC(O)CO)c3)cn3nccc23)cn1. The first-order valence-corrected chi connectivity index (χ1v) is 9.29. The second-order valence-electron chi connectivity index (χ2n) is 6.89. The van der Waals surface area contributed by atoms with Gasteiger partial charge in [-0.3, -0.25) is 9.36 Å². The highest BCUT2D eigenvalue weighted by molar-refractivity contribution is 5.78. The number of aromatic nitrogens is 7. The van der Waals surface area contributed by atoms with Gasteiger partial charge in [0.05, 0.1) is 60.9 Å². The van der Waals surface area contributed by atoms with Crippen LogP contribution in [0.15, 0.2) is 43.2 Å². The van der Waals surface area contributed by atoms with Crippen molar-refractivity contribution in [2.24, 2.45) is 0 Å². The molecule has 0 fully saturated rings. The monoisotopic (exact) mass is 381 g/mol. The zero-order chi connectivity index (χ0) is 19.7. The van der Waals surface area contributed by atoms with Gasteiger partial charge in [0.15, 0.2) is 0 Å². The third-order valence-corrected chi connectivity index (χ3v) is 4.84. The van der Waals surface area contributed by atoms with Crippen molar-refractivity contribution in [3.63, 3.8) is 0 Å². The van der Waals surface area contributed by atoms with E-state index in [-0.39, 0.29) is 13.2 Å². The van der Waals surface area contributed by atoms with Crippen LogP contribution in [0.3, 0.4) is 0 Å². The minimum absolute atomic E-state index is 0.217. The maximum Gasteiger partial charge on any atom is 0.0999 e. The Morgan fingerprint density at radius 1 is 1.07 bits per heavy atom. The molecule has 0 amide bonds. The normalized spacial score (nSPS) is 13.9. The average molecular weight is 381 g/mol. The molecule has 28 heavy (non-hydrogen) atoms. The molecule has 146 valence electrons. The van der Waals surface area contributed by atoms with Gasteiger partial charge in [0.1, 0.15) is 0 Å². The van der Waals surface area contributed by atoms with E-state index < -0.39 is 6.10 Å². The summed E-state index contributed by atoms with van der Waals surface area (Å²) in [6.45, 7) is 4.17. The summed E-state index contributed by atoms with van der Waals surface area (Å²) in [6, 6.07) is 2.24. The van der Waals surface area contributed by atoms with E-state index in [4.69, 9.17) is 10.1 Å². The van der Waals surface area contributed by atoms with E-state index >= 15 is 0 Å². The predicted molar refractivity (Wildman–Crippen MR) is 104 cm³/mol. The van der Waals surface area contributed by atoms with Crippen molar-refractivity contribution in [2.45, 2.75) is 39.0 Å². The zero-order valence-corrected chi connectivity index (χ0v) is 15.8. The van der Waals surface area contributed by atoms with Crippen molar-refractivity contribution >= 4 is 5.52 Å². The van der Waals surface area contributed by atoms with Crippen LogP contribution in [0.2, 0.25) is 0 Å². The maximum atomic E-state index is 9.62. The van der Waals surface area contributed by atoms with Crippen LogP contribution in [-0.4, -0.2) is 57.1 Å². The first kappa shape index (κ1) is 18.3. The van der Waals surface area contributed by atoms with E-state index in [1.54, 1.807) is 27.8 Å². The Morgan fingerprint density at radius 2 is 1.89 bits per heavy atom. The lowest BCUT2D eigenvalue weighted by Gasteiger charge is -2.08. The van der Waals surface area contributed by atoms with Crippen LogP contribution in [0.5, 0.6) is 0 Å². The highest BCUT2D eigenvalue weighted by atomic mass is 16.3. The van der Waals surface area contributed by atoms with Crippen molar-refractivity contribution < 1.29 is 10.2 Å². The first-order chi connectivity index (χ1) is 13.6. The molecule has 0 saturated heterocycles. The van der Waals surface area contributed by atoms with Crippen LogP contribution in [-0.2, 0) is 6.54 Å². The Labute approximate surface area is 161 Å². The summed E-state index contributed by atoms with van der Waals surface area (Å²) in [5.74, 6) is 0. The molecular formula is C19H23N7O2. The minimum Gasteiger partial charge on any atom is -0.394 e. The number of fused-ring (bicyclic) bond motifs is 1. The number of rotatable bonds is 7. The topological polar surface area (TPSA) is 106 Å². The molecule has 2 N–H and O–H groups in total. The summed E-state index contributed by atoms with van der Waals surface area (Å²) in [7, 11) is 0. The molecule has 2 atom stereocenters. The van der Waals surface area contributed by atoms with Gasteiger partial charge in [0.25, 0.3) is 0 Å². The maximum absolute atomic E-state index is 9.62. The van der Waals surface area contributed by atoms with Gasteiger partial charge in [-0.15, -0.1) is 0 Å². The number of nitrogens with zero attached hydrogens (tertiary/aromatic N) is 7. The molecule has 0 spiro atoms. The fraction of sp³-hybridized carbons (Fsp3) is 0.368. The fourth-order valence-corrected chi connectivity index (χ4v) is 3.04. The second kappa shape index (κ2) is 7.53. The quantitative estimate of drug-likeness (QED) is 0.505. The van der Waals surface area contributed by atoms with E-state index in [1.165, 1.54) is 0 Å². The number of hydrogen-bond acceptors (Lipinski definition) is 6. The van der Waals surface area contributed by atoms with Gasteiger partial charge < -0.3 is 10.2 Å². The lowest BCUT2D eigenvalue weighted by atomic mass is 10.2. The lowest BCUT2D eigenvalue weighted by molar-refractivity contribution is 0.0783. The van der Waals surface area contributed by atoms with E-state index in [9.17, 15) is 5.11 Å². The van der Waals surface area contributed by atoms with Crippen molar-refractivity contribution in [3.05, 3.63) is 43.2 Å². The second-order valence-corrected chi connectivity index (χ2v) is 6.89. The summed E-state index contributed by atoms with van der Waals surface area (Å²) in [5.41, 5.74) is 4.14. The molecule has 0 aromatic carbocycles. The van der Waals surface area contributed by atoms with Crippen LogP contribution in [0.25, 0.3) is 28.0 Å². The van der Waals surface area contributed by atoms with E-state index in [0.29, 0.717) is 11.7 Å². The summed E-state index contributed by atoms with van der Waals surface area (Å²) in [5, 5.41) is 31.7. The molecular weight excluding hydrogens is 358 g/mol. The summed E-state index contributed by atoms with van der Waals surface area (Å²) >= 11 is 0. The van der Waals surface area contributed by atoms with Gasteiger partial charge in [0.2, 0.25) is 0 Å². The average Bonchev–Trinajstić information content (AvgIpc) is 3.46. The first-order valence-electron chi connectivity index (χ1n) is 9.29. The van der Waals surface area contributed by atoms with Crippen LogP contribution in [0, 0.1) is 0 Å². The molecule has 0 radical (unpaired) electrons. The van der Waals surface area contributed by atoms with Crippen LogP contribution >= 0.6 is 0 Å². The van der Waals surface area contributed by atoms with Crippen LogP contribution in [0.1, 0.15) is 26.3 Å². The molecule has 0 aliphatic rings. The number of aliphatic hydroxyl groups is 2. The molecule has 4 heterocycles. The smallest absolute Gasteiger partial charge is 0.0999 e. The fourth-order valence-electron chi connectivity index (χ4n) is 3.04. The van der Waals surface area contributed by atoms with Crippen LogP contribution in [0.4, 0.5) is 0 Å². The number of aliphatic hydroxyl groups excluding tert-OH is 2. The van der Waals surface area contributed by atoms with Crippen molar-refractivity contribution in [1.82, 2.24) is 34.2 Å². The van der Waals surface area contributed by atoms with Gasteiger partial charge in [-0.05, 0) is 19.4 Å². The van der Waals surface area contributed by atoms with Gasteiger partial charge >= 0.3 is 0 Å². The van der Waals surface area contributed by atoms with Crippen molar-refractivity contribution in [3.8, 4) is 22.5 Å². The van der Waals surface area contributed by atoms with Crippen molar-refractivity contribution in [2.75, 3.05) is 6.61 Å². The molecule has 4 aromatic rings. The molecule has 0 bridgehead atoms. The Morgan fingerprint density at radius 3 is 2.68 bits per heavy atom. The van der Waals surface area contributed by atoms with E-state index in [0.717, 1.165) is 28.8 Å². The largest absolute Gasteiger partial charge is 0.394 e. The number of hydrogen-bond donors (Lipinski definition) is 2. The Kier molecular flexibility index (Phi) is 4.93. The Bertz CT molecular complexity index is 1080. The van der Waals surface area contributed by atoms with Gasteiger partial charge in [-0.1, -0.05) is 6.92 Å². The van der Waals surface area contributed by atoms with Crippen molar-refractivity contribution in [1.29, 1.82) is 0 Å². The summed E-state index contributed by atoms with van der Waals surface area (Å²) in [6.07, 6.45) is 11.1. The lowest BCUT2D eigenvalue weighted by Crippen LogP contribution is -2.19. The zero-order valence-electron chi connectivity index (χ0n) is 15.8. The third kappa shape index (κ3) is 3.41. The standard InChI is InChI=1S/C19H23N7O2/c1-3-13(2)25-9-15(7-22-25)19-18-4-5-20-26(18)11-17(23-19)14-6-21-24(8-14)10-16(28)12-27/h4-9,11,13,16,27-28H,3,10,12H2,1-2H3/t13-,16?/m0/s1. The summed E-state index contributed by atoms with van der Waals surface area (Å²) < 4.78 is 5.33. The molecule has 4 rings (SSSR count). The molecule has 0 saturated carbocycles. The minimum atomic E-state index is -0.851. The molecule has 9 heteroatoms. The van der Waals surface area contributed by atoms with Gasteiger partial charge in [0, 0.05) is 29.6 Å². The Balaban J connectivity index is 1.74. The van der Waals surface area contributed by atoms with Gasteiger partial charge in [-0.2, -0.15) is 15.3 Å². The molecule has 0 aliphatic carbocycles. The van der Waals surface area contributed by atoms with Gasteiger partial charge in [-0.25, -0.2) is 9.50 Å². The van der Waals surface area contributed by atoms with E-state index in [2.05, 4.69) is 29.1 Å². The molecule has 0 aliphatic heterocycles. The highest BCUT2D eigenvalue weighted by Gasteiger charge is 2.15. The Hall–Kier alpha value is -3.04. The summed E-state index contributed by atoms with van der Waals surface area (Å²) in [4.78, 5) is 4.85.